The van der Waals surface area contributed by atoms with Gasteiger partial charge in [0.05, 0.1) is 12.2 Å². The second-order valence-corrected chi connectivity index (χ2v) is 6.34. The van der Waals surface area contributed by atoms with Gasteiger partial charge in [0, 0.05) is 5.56 Å². The molecule has 4 rings (SSSR count). The van der Waals surface area contributed by atoms with Crippen molar-refractivity contribution in [2.75, 3.05) is 6.61 Å². The molecule has 0 fully saturated rings. The van der Waals surface area contributed by atoms with E-state index in [0.29, 0.717) is 12.2 Å². The zero-order chi connectivity index (χ0) is 18.6. The van der Waals surface area contributed by atoms with Gasteiger partial charge >= 0.3 is 5.97 Å². The molecule has 132 valence electrons. The Hall–Kier alpha value is -3.39. The highest BCUT2D eigenvalue weighted by atomic mass is 16.5. The number of rotatable bonds is 4. The molecule has 2 heteroatoms. The van der Waals surface area contributed by atoms with Crippen LogP contribution in [0.2, 0.25) is 0 Å². The summed E-state index contributed by atoms with van der Waals surface area (Å²) in [6.07, 6.45) is 0. The minimum Gasteiger partial charge on any atom is -0.462 e. The predicted molar refractivity (Wildman–Crippen MR) is 111 cm³/mol. The van der Waals surface area contributed by atoms with Gasteiger partial charge in [-0.3, -0.25) is 0 Å². The summed E-state index contributed by atoms with van der Waals surface area (Å²) < 4.78 is 5.35. The number of hydrogen-bond acceptors (Lipinski definition) is 2. The summed E-state index contributed by atoms with van der Waals surface area (Å²) in [5.74, 6) is -0.293. The first kappa shape index (κ1) is 17.0. The SMILES string of the molecule is CCOC(=O)c1cccc(-c2ccccc2)c1-c1cccc2ccccc12. The standard InChI is InChI=1S/C25H20O2/c1-2-27-25(26)23-17-9-15-21(19-10-4-3-5-11-19)24(23)22-16-8-13-18-12-6-7-14-20(18)22/h3-17H,2H2,1H3. The van der Waals surface area contributed by atoms with Crippen LogP contribution in [0.5, 0.6) is 0 Å². The molecule has 0 spiro atoms. The van der Waals surface area contributed by atoms with Crippen LogP contribution in [-0.4, -0.2) is 12.6 Å². The number of benzene rings is 4. The second kappa shape index (κ2) is 7.46. The second-order valence-electron chi connectivity index (χ2n) is 6.34. The topological polar surface area (TPSA) is 26.3 Å². The molecule has 0 amide bonds. The maximum atomic E-state index is 12.7. The van der Waals surface area contributed by atoms with Gasteiger partial charge < -0.3 is 4.74 Å². The highest BCUT2D eigenvalue weighted by Crippen LogP contribution is 2.38. The first-order chi connectivity index (χ1) is 13.3. The molecule has 0 saturated heterocycles. The normalized spacial score (nSPS) is 10.7. The van der Waals surface area contributed by atoms with Crippen LogP contribution in [0.1, 0.15) is 17.3 Å². The van der Waals surface area contributed by atoms with E-state index in [4.69, 9.17) is 4.74 Å². The summed E-state index contributed by atoms with van der Waals surface area (Å²) >= 11 is 0. The van der Waals surface area contributed by atoms with Gasteiger partial charge in [-0.05, 0) is 40.5 Å². The monoisotopic (exact) mass is 352 g/mol. The lowest BCUT2D eigenvalue weighted by Crippen LogP contribution is -2.07. The molecule has 4 aromatic carbocycles. The van der Waals surface area contributed by atoms with Crippen LogP contribution < -0.4 is 0 Å². The molecule has 0 N–H and O–H groups in total. The highest BCUT2D eigenvalue weighted by Gasteiger charge is 2.19. The van der Waals surface area contributed by atoms with Gasteiger partial charge in [-0.2, -0.15) is 0 Å². The molecule has 27 heavy (non-hydrogen) atoms. The van der Waals surface area contributed by atoms with Crippen molar-refractivity contribution >= 4 is 16.7 Å². The molecule has 0 heterocycles. The van der Waals surface area contributed by atoms with Crippen LogP contribution in [-0.2, 0) is 4.74 Å². The molecule has 0 aliphatic heterocycles. The molecule has 0 aromatic heterocycles. The molecule has 0 atom stereocenters. The number of carbonyl (C=O) groups is 1. The van der Waals surface area contributed by atoms with Crippen LogP contribution in [0.25, 0.3) is 33.0 Å². The fraction of sp³-hybridized carbons (Fsp3) is 0.0800. The first-order valence-electron chi connectivity index (χ1n) is 9.13. The van der Waals surface area contributed by atoms with Crippen molar-refractivity contribution in [3.05, 3.63) is 96.6 Å². The lowest BCUT2D eigenvalue weighted by atomic mass is 9.88. The quantitative estimate of drug-likeness (QED) is 0.400. The van der Waals surface area contributed by atoms with Gasteiger partial charge in [0.15, 0.2) is 0 Å². The zero-order valence-corrected chi connectivity index (χ0v) is 15.2. The average Bonchev–Trinajstić information content (AvgIpc) is 2.73. The Kier molecular flexibility index (Phi) is 4.71. The summed E-state index contributed by atoms with van der Waals surface area (Å²) in [4.78, 5) is 12.7. The average molecular weight is 352 g/mol. The molecule has 0 bridgehead atoms. The summed E-state index contributed by atoms with van der Waals surface area (Å²) in [5, 5.41) is 2.27. The maximum absolute atomic E-state index is 12.7. The van der Waals surface area contributed by atoms with Crippen LogP contribution in [0.15, 0.2) is 91.0 Å². The van der Waals surface area contributed by atoms with Crippen LogP contribution in [0.4, 0.5) is 0 Å². The third-order valence-electron chi connectivity index (χ3n) is 4.70. The van der Waals surface area contributed by atoms with Gasteiger partial charge in [-0.25, -0.2) is 4.79 Å². The maximum Gasteiger partial charge on any atom is 0.338 e. The van der Waals surface area contributed by atoms with Crippen molar-refractivity contribution in [1.82, 2.24) is 0 Å². The number of esters is 1. The molecule has 0 aliphatic rings. The van der Waals surface area contributed by atoms with Crippen molar-refractivity contribution in [2.24, 2.45) is 0 Å². The Balaban J connectivity index is 2.06. The predicted octanol–water partition coefficient (Wildman–Crippen LogP) is 6.35. The van der Waals surface area contributed by atoms with E-state index in [9.17, 15) is 4.79 Å². The van der Waals surface area contributed by atoms with E-state index < -0.39 is 0 Å². The van der Waals surface area contributed by atoms with E-state index >= 15 is 0 Å². The smallest absolute Gasteiger partial charge is 0.338 e. The fourth-order valence-corrected chi connectivity index (χ4v) is 3.52. The lowest BCUT2D eigenvalue weighted by molar-refractivity contribution is 0.0527. The number of ether oxygens (including phenoxy) is 1. The van der Waals surface area contributed by atoms with Crippen molar-refractivity contribution in [3.63, 3.8) is 0 Å². The Labute approximate surface area is 159 Å². The van der Waals surface area contributed by atoms with Crippen molar-refractivity contribution in [3.8, 4) is 22.3 Å². The van der Waals surface area contributed by atoms with E-state index in [1.165, 1.54) is 0 Å². The zero-order valence-electron chi connectivity index (χ0n) is 15.2. The van der Waals surface area contributed by atoms with Crippen molar-refractivity contribution in [1.29, 1.82) is 0 Å². The summed E-state index contributed by atoms with van der Waals surface area (Å²) in [7, 11) is 0. The number of hydrogen-bond donors (Lipinski definition) is 0. The molecular weight excluding hydrogens is 332 g/mol. The van der Waals surface area contributed by atoms with Gasteiger partial charge in [0.2, 0.25) is 0 Å². The van der Waals surface area contributed by atoms with E-state index in [-0.39, 0.29) is 5.97 Å². The Morgan fingerprint density at radius 3 is 2.22 bits per heavy atom. The number of carbonyl (C=O) groups excluding carboxylic acids is 1. The van der Waals surface area contributed by atoms with E-state index in [0.717, 1.165) is 33.0 Å². The van der Waals surface area contributed by atoms with E-state index in [1.54, 1.807) is 0 Å². The third kappa shape index (κ3) is 3.22. The van der Waals surface area contributed by atoms with E-state index in [2.05, 4.69) is 42.5 Å². The van der Waals surface area contributed by atoms with Gasteiger partial charge in [0.1, 0.15) is 0 Å². The Bertz CT molecular complexity index is 1090. The van der Waals surface area contributed by atoms with Crippen LogP contribution in [0.3, 0.4) is 0 Å². The number of fused-ring (bicyclic) bond motifs is 1. The Morgan fingerprint density at radius 1 is 0.741 bits per heavy atom. The van der Waals surface area contributed by atoms with Gasteiger partial charge in [-0.1, -0.05) is 84.9 Å². The van der Waals surface area contributed by atoms with Gasteiger partial charge in [-0.15, -0.1) is 0 Å². The summed E-state index contributed by atoms with van der Waals surface area (Å²) in [6, 6.07) is 30.4. The molecule has 0 unspecified atom stereocenters. The minimum absolute atomic E-state index is 0.293. The van der Waals surface area contributed by atoms with Crippen LogP contribution in [0, 0.1) is 0 Å². The minimum atomic E-state index is -0.293. The summed E-state index contributed by atoms with van der Waals surface area (Å²) in [6.45, 7) is 2.18. The molecular formula is C25H20O2. The molecule has 0 aliphatic carbocycles. The lowest BCUT2D eigenvalue weighted by Gasteiger charge is -2.16. The molecule has 4 aromatic rings. The van der Waals surface area contributed by atoms with Crippen LogP contribution >= 0.6 is 0 Å². The Morgan fingerprint density at radius 2 is 1.41 bits per heavy atom. The van der Waals surface area contributed by atoms with Crippen molar-refractivity contribution < 1.29 is 9.53 Å². The van der Waals surface area contributed by atoms with Gasteiger partial charge in [0.25, 0.3) is 0 Å². The summed E-state index contributed by atoms with van der Waals surface area (Å²) in [5.41, 5.74) is 4.65. The molecule has 0 saturated carbocycles. The van der Waals surface area contributed by atoms with E-state index in [1.807, 2.05) is 55.5 Å². The fourth-order valence-electron chi connectivity index (χ4n) is 3.52. The molecule has 2 nitrogen and oxygen atoms in total. The van der Waals surface area contributed by atoms with Crippen molar-refractivity contribution in [2.45, 2.75) is 6.92 Å². The third-order valence-corrected chi connectivity index (χ3v) is 4.70. The first-order valence-corrected chi connectivity index (χ1v) is 9.13. The highest BCUT2D eigenvalue weighted by molar-refractivity contribution is 6.08. The molecule has 0 radical (unpaired) electrons. The largest absolute Gasteiger partial charge is 0.462 e.